The van der Waals surface area contributed by atoms with Gasteiger partial charge in [-0.15, -0.1) is 0 Å². The quantitative estimate of drug-likeness (QED) is 0.922. The van der Waals surface area contributed by atoms with Gasteiger partial charge in [0.15, 0.2) is 5.13 Å². The van der Waals surface area contributed by atoms with Crippen LogP contribution in [-0.2, 0) is 6.61 Å². The molecule has 2 heterocycles. The standard InChI is InChI=1S/C10H15ClN2OS2/c1-2-7-5-13(3-4-15-7)10-12-9(11)8(6-14)16-10/h7,14H,2-6H2,1H3. The van der Waals surface area contributed by atoms with Crippen LogP contribution in [0.2, 0.25) is 5.15 Å². The van der Waals surface area contributed by atoms with Gasteiger partial charge >= 0.3 is 0 Å². The van der Waals surface area contributed by atoms with Gasteiger partial charge < -0.3 is 10.0 Å². The number of hydrogen-bond acceptors (Lipinski definition) is 5. The molecular formula is C10H15ClN2OS2. The van der Waals surface area contributed by atoms with Gasteiger partial charge in [-0.2, -0.15) is 11.8 Å². The summed E-state index contributed by atoms with van der Waals surface area (Å²) < 4.78 is 0. The van der Waals surface area contributed by atoms with Crippen molar-refractivity contribution in [2.24, 2.45) is 0 Å². The maximum absolute atomic E-state index is 9.09. The molecule has 3 nitrogen and oxygen atoms in total. The van der Waals surface area contributed by atoms with Crippen LogP contribution in [0.25, 0.3) is 0 Å². The lowest BCUT2D eigenvalue weighted by molar-refractivity contribution is 0.285. The van der Waals surface area contributed by atoms with Crippen LogP contribution in [0.3, 0.4) is 0 Å². The predicted octanol–water partition coefficient (Wildman–Crippen LogP) is 2.62. The summed E-state index contributed by atoms with van der Waals surface area (Å²) in [6.07, 6.45) is 1.19. The fourth-order valence-electron chi connectivity index (χ4n) is 1.69. The second kappa shape index (κ2) is 5.58. The van der Waals surface area contributed by atoms with E-state index < -0.39 is 0 Å². The SMILES string of the molecule is CCC1CN(c2nc(Cl)c(CO)s2)CCS1. The van der Waals surface area contributed by atoms with Gasteiger partial charge in [0.1, 0.15) is 5.15 Å². The maximum atomic E-state index is 9.09. The Balaban J connectivity index is 2.10. The summed E-state index contributed by atoms with van der Waals surface area (Å²) in [5.74, 6) is 1.14. The molecule has 0 amide bonds. The number of anilines is 1. The highest BCUT2D eigenvalue weighted by Crippen LogP contribution is 2.32. The van der Waals surface area contributed by atoms with Gasteiger partial charge in [0, 0.05) is 24.1 Å². The highest BCUT2D eigenvalue weighted by Gasteiger charge is 2.22. The van der Waals surface area contributed by atoms with Crippen molar-refractivity contribution >= 4 is 39.8 Å². The minimum absolute atomic E-state index is 0.0176. The monoisotopic (exact) mass is 278 g/mol. The van der Waals surface area contributed by atoms with Crippen LogP contribution in [0.5, 0.6) is 0 Å². The van der Waals surface area contributed by atoms with E-state index >= 15 is 0 Å². The first-order chi connectivity index (χ1) is 7.74. The molecule has 1 atom stereocenters. The number of hydrogen-bond donors (Lipinski definition) is 1. The third kappa shape index (κ3) is 2.64. The number of thiazole rings is 1. The third-order valence-corrected chi connectivity index (χ3v) is 5.54. The summed E-state index contributed by atoms with van der Waals surface area (Å²) in [6, 6.07) is 0. The fraction of sp³-hybridized carbons (Fsp3) is 0.700. The molecule has 0 aromatic carbocycles. The number of nitrogens with zero attached hydrogens (tertiary/aromatic N) is 2. The minimum Gasteiger partial charge on any atom is -0.391 e. The molecule has 90 valence electrons. The Hall–Kier alpha value is 0.0300. The zero-order valence-electron chi connectivity index (χ0n) is 9.15. The summed E-state index contributed by atoms with van der Waals surface area (Å²) in [6.45, 7) is 4.26. The van der Waals surface area contributed by atoms with Crippen molar-refractivity contribution in [3.63, 3.8) is 0 Å². The molecule has 16 heavy (non-hydrogen) atoms. The Morgan fingerprint density at radius 3 is 3.06 bits per heavy atom. The van der Waals surface area contributed by atoms with E-state index in [-0.39, 0.29) is 6.61 Å². The Labute approximate surface area is 109 Å². The number of aliphatic hydroxyl groups excluding tert-OH is 1. The largest absolute Gasteiger partial charge is 0.391 e. The van der Waals surface area contributed by atoms with Crippen molar-refractivity contribution < 1.29 is 5.11 Å². The first-order valence-electron chi connectivity index (χ1n) is 5.37. The van der Waals surface area contributed by atoms with Crippen LogP contribution in [0.4, 0.5) is 5.13 Å². The average molecular weight is 279 g/mol. The van der Waals surface area contributed by atoms with Crippen molar-refractivity contribution in [2.75, 3.05) is 23.7 Å². The molecule has 1 unspecified atom stereocenters. The van der Waals surface area contributed by atoms with E-state index in [1.807, 2.05) is 11.8 Å². The molecule has 1 aliphatic rings. The summed E-state index contributed by atoms with van der Waals surface area (Å²) in [5.41, 5.74) is 0. The van der Waals surface area contributed by atoms with Crippen LogP contribution >= 0.6 is 34.7 Å². The van der Waals surface area contributed by atoms with Gasteiger partial charge in [-0.1, -0.05) is 29.9 Å². The van der Waals surface area contributed by atoms with Gasteiger partial charge in [-0.25, -0.2) is 4.98 Å². The van der Waals surface area contributed by atoms with Crippen molar-refractivity contribution in [1.29, 1.82) is 0 Å². The predicted molar refractivity (Wildman–Crippen MR) is 71.8 cm³/mol. The zero-order valence-corrected chi connectivity index (χ0v) is 11.5. The Morgan fingerprint density at radius 2 is 2.44 bits per heavy atom. The van der Waals surface area contributed by atoms with Crippen LogP contribution in [0.15, 0.2) is 0 Å². The van der Waals surface area contributed by atoms with E-state index in [9.17, 15) is 0 Å². The number of aromatic nitrogens is 1. The molecule has 1 aromatic rings. The van der Waals surface area contributed by atoms with Gasteiger partial charge in [-0.05, 0) is 6.42 Å². The Bertz CT molecular complexity index is 359. The first kappa shape index (κ1) is 12.5. The molecule has 1 aliphatic heterocycles. The minimum atomic E-state index is -0.0176. The molecule has 0 radical (unpaired) electrons. The van der Waals surface area contributed by atoms with Crippen LogP contribution in [-0.4, -0.2) is 34.2 Å². The second-order valence-electron chi connectivity index (χ2n) is 3.72. The van der Waals surface area contributed by atoms with Gasteiger partial charge in [0.2, 0.25) is 0 Å². The van der Waals surface area contributed by atoms with E-state index in [1.165, 1.54) is 17.8 Å². The molecule has 1 saturated heterocycles. The van der Waals surface area contributed by atoms with Crippen LogP contribution in [0, 0.1) is 0 Å². The summed E-state index contributed by atoms with van der Waals surface area (Å²) in [5, 5.41) is 11.2. The highest BCUT2D eigenvalue weighted by atomic mass is 35.5. The molecule has 6 heteroatoms. The number of aliphatic hydroxyl groups is 1. The lowest BCUT2D eigenvalue weighted by Crippen LogP contribution is -2.37. The van der Waals surface area contributed by atoms with Crippen molar-refractivity contribution in [2.45, 2.75) is 25.2 Å². The summed E-state index contributed by atoms with van der Waals surface area (Å²) in [4.78, 5) is 7.36. The Morgan fingerprint density at radius 1 is 1.62 bits per heavy atom. The number of thioether (sulfide) groups is 1. The van der Waals surface area contributed by atoms with Gasteiger partial charge in [0.25, 0.3) is 0 Å². The Kier molecular flexibility index (Phi) is 4.35. The van der Waals surface area contributed by atoms with E-state index in [0.717, 1.165) is 28.9 Å². The molecular weight excluding hydrogens is 264 g/mol. The number of rotatable bonds is 3. The van der Waals surface area contributed by atoms with E-state index in [1.54, 1.807) is 0 Å². The van der Waals surface area contributed by atoms with Crippen molar-refractivity contribution in [3.05, 3.63) is 10.0 Å². The molecule has 0 aliphatic carbocycles. The topological polar surface area (TPSA) is 36.4 Å². The smallest absolute Gasteiger partial charge is 0.187 e. The lowest BCUT2D eigenvalue weighted by Gasteiger charge is -2.31. The van der Waals surface area contributed by atoms with Crippen molar-refractivity contribution in [3.8, 4) is 0 Å². The molecule has 0 saturated carbocycles. The third-order valence-electron chi connectivity index (χ3n) is 2.65. The normalized spacial score (nSPS) is 21.4. The average Bonchev–Trinajstić information content (AvgIpc) is 2.71. The molecule has 2 rings (SSSR count). The number of halogens is 1. The van der Waals surface area contributed by atoms with Crippen LogP contribution in [0.1, 0.15) is 18.2 Å². The summed E-state index contributed by atoms with van der Waals surface area (Å²) in [7, 11) is 0. The molecule has 1 aromatic heterocycles. The molecule has 0 bridgehead atoms. The fourth-order valence-corrected chi connectivity index (χ4v) is 4.03. The van der Waals surface area contributed by atoms with E-state index in [2.05, 4.69) is 16.8 Å². The second-order valence-corrected chi connectivity index (χ2v) is 6.54. The molecule has 1 fully saturated rings. The maximum Gasteiger partial charge on any atom is 0.187 e. The first-order valence-corrected chi connectivity index (χ1v) is 7.61. The van der Waals surface area contributed by atoms with Gasteiger partial charge in [0.05, 0.1) is 11.5 Å². The van der Waals surface area contributed by atoms with Crippen molar-refractivity contribution in [1.82, 2.24) is 4.98 Å². The molecule has 1 N–H and O–H groups in total. The van der Waals surface area contributed by atoms with E-state index in [0.29, 0.717) is 10.4 Å². The molecule has 0 spiro atoms. The van der Waals surface area contributed by atoms with E-state index in [4.69, 9.17) is 16.7 Å². The lowest BCUT2D eigenvalue weighted by atomic mass is 10.3. The van der Waals surface area contributed by atoms with Gasteiger partial charge in [-0.3, -0.25) is 0 Å². The summed E-state index contributed by atoms with van der Waals surface area (Å²) >= 11 is 9.48. The highest BCUT2D eigenvalue weighted by molar-refractivity contribution is 8.00. The van der Waals surface area contributed by atoms with Crippen LogP contribution < -0.4 is 4.90 Å². The zero-order chi connectivity index (χ0) is 11.5.